The number of sulfonamides is 1. The van der Waals surface area contributed by atoms with E-state index in [9.17, 15) is 13.5 Å². The highest BCUT2D eigenvalue weighted by molar-refractivity contribution is 7.88. The second kappa shape index (κ2) is 11.3. The van der Waals surface area contributed by atoms with Gasteiger partial charge in [-0.25, -0.2) is 18.4 Å². The highest BCUT2D eigenvalue weighted by atomic mass is 35.5. The number of anilines is 1. The number of nitrogens with one attached hydrogen (secondary N) is 2. The van der Waals surface area contributed by atoms with Crippen molar-refractivity contribution in [3.8, 4) is 17.0 Å². The Hall–Kier alpha value is -2.72. The van der Waals surface area contributed by atoms with Gasteiger partial charge in [0.15, 0.2) is 0 Å². The fourth-order valence-electron chi connectivity index (χ4n) is 4.23. The van der Waals surface area contributed by atoms with E-state index in [-0.39, 0.29) is 11.8 Å². The van der Waals surface area contributed by atoms with Gasteiger partial charge in [-0.2, -0.15) is 4.31 Å². The number of nitrogens with zero attached hydrogens (tertiary/aromatic N) is 3. The monoisotopic (exact) mass is 515 g/mol. The van der Waals surface area contributed by atoms with Crippen LogP contribution < -0.4 is 10.6 Å². The molecule has 2 aromatic carbocycles. The van der Waals surface area contributed by atoms with Gasteiger partial charge in [0.25, 0.3) is 0 Å². The minimum absolute atomic E-state index is 0.0410. The molecular weight excluding hydrogens is 486 g/mol. The number of benzene rings is 2. The molecule has 3 aromatic rings. The van der Waals surface area contributed by atoms with Gasteiger partial charge in [0.2, 0.25) is 16.0 Å². The topological polar surface area (TPSA) is 107 Å². The molecule has 1 fully saturated rings. The summed E-state index contributed by atoms with van der Waals surface area (Å²) in [6, 6.07) is 14.8. The number of halogens is 1. The first-order valence-electron chi connectivity index (χ1n) is 11.6. The van der Waals surface area contributed by atoms with Crippen molar-refractivity contribution in [1.29, 1.82) is 0 Å². The van der Waals surface area contributed by atoms with Crippen LogP contribution in [-0.2, 0) is 23.0 Å². The molecule has 1 aliphatic heterocycles. The Morgan fingerprint density at radius 3 is 2.80 bits per heavy atom. The Bertz CT molecular complexity index is 1270. The molecule has 3 N–H and O–H groups in total. The normalized spacial score (nSPS) is 16.4. The van der Waals surface area contributed by atoms with E-state index >= 15 is 0 Å². The van der Waals surface area contributed by atoms with Crippen molar-refractivity contribution in [2.75, 3.05) is 31.2 Å². The second-order valence-corrected chi connectivity index (χ2v) is 11.1. The van der Waals surface area contributed by atoms with Gasteiger partial charge in [-0.15, -0.1) is 0 Å². The van der Waals surface area contributed by atoms with Gasteiger partial charge in [0.05, 0.1) is 17.0 Å². The number of phenolic OH excluding ortho intramolecular Hbond substituents is 1. The summed E-state index contributed by atoms with van der Waals surface area (Å²) in [4.78, 5) is 8.94. The minimum Gasteiger partial charge on any atom is -0.506 e. The predicted molar refractivity (Wildman–Crippen MR) is 139 cm³/mol. The van der Waals surface area contributed by atoms with Crippen LogP contribution in [0, 0.1) is 0 Å². The molecule has 0 bridgehead atoms. The van der Waals surface area contributed by atoms with Crippen LogP contribution in [0.3, 0.4) is 0 Å². The highest BCUT2D eigenvalue weighted by Crippen LogP contribution is 2.25. The van der Waals surface area contributed by atoms with E-state index in [0.717, 1.165) is 41.8 Å². The van der Waals surface area contributed by atoms with Crippen molar-refractivity contribution in [1.82, 2.24) is 19.6 Å². The van der Waals surface area contributed by atoms with Crippen LogP contribution in [0.15, 0.2) is 54.7 Å². The molecule has 35 heavy (non-hydrogen) atoms. The Balaban J connectivity index is 1.44. The Kier molecular flexibility index (Phi) is 8.22. The van der Waals surface area contributed by atoms with Crippen LogP contribution in [0.4, 0.5) is 5.95 Å². The fraction of sp³-hybridized carbons (Fsp3) is 0.360. The molecule has 0 saturated carbocycles. The van der Waals surface area contributed by atoms with E-state index in [1.54, 1.807) is 22.6 Å². The average Bonchev–Trinajstić information content (AvgIpc) is 2.85. The number of aromatic nitrogens is 2. The van der Waals surface area contributed by atoms with E-state index < -0.39 is 10.0 Å². The van der Waals surface area contributed by atoms with Gasteiger partial charge in [-0.05, 0) is 61.2 Å². The molecule has 4 rings (SSSR count). The summed E-state index contributed by atoms with van der Waals surface area (Å²) < 4.78 is 26.6. The van der Waals surface area contributed by atoms with Crippen LogP contribution in [0.25, 0.3) is 11.3 Å². The molecule has 1 saturated heterocycles. The van der Waals surface area contributed by atoms with Crippen LogP contribution in [0.5, 0.6) is 5.75 Å². The summed E-state index contributed by atoms with van der Waals surface area (Å²) >= 11 is 5.98. The number of rotatable bonds is 9. The minimum atomic E-state index is -3.35. The second-order valence-electron chi connectivity index (χ2n) is 8.74. The van der Waals surface area contributed by atoms with Gasteiger partial charge >= 0.3 is 0 Å². The third kappa shape index (κ3) is 6.91. The maximum Gasteiger partial charge on any atom is 0.223 e. The van der Waals surface area contributed by atoms with E-state index in [2.05, 4.69) is 20.6 Å². The molecule has 10 heteroatoms. The van der Waals surface area contributed by atoms with Crippen LogP contribution >= 0.6 is 11.6 Å². The van der Waals surface area contributed by atoms with Crippen molar-refractivity contribution < 1.29 is 13.5 Å². The zero-order valence-electron chi connectivity index (χ0n) is 19.6. The summed E-state index contributed by atoms with van der Waals surface area (Å²) in [6.07, 6.45) is 5.50. The standard InChI is InChI=1S/C25H30ClN5O3S/c1-35(33,34)31(21-6-3-11-27-16-21)17-19-4-2-5-20(14-19)23-10-13-29-25(30-23)28-12-9-18-7-8-24(32)22(26)15-18/h2,4-5,7-8,10,13-15,21,27,32H,3,6,9,11-12,16-17H2,1H3,(H,28,29,30). The molecule has 186 valence electrons. The van der Waals surface area contributed by atoms with Gasteiger partial charge in [-0.1, -0.05) is 35.9 Å². The number of hydrogen-bond acceptors (Lipinski definition) is 7. The molecule has 0 radical (unpaired) electrons. The van der Waals surface area contributed by atoms with Crippen molar-refractivity contribution in [3.63, 3.8) is 0 Å². The SMILES string of the molecule is CS(=O)(=O)N(Cc1cccc(-c2ccnc(NCCc3ccc(O)c(Cl)c3)n2)c1)C1CCCNC1. The maximum atomic E-state index is 12.5. The zero-order valence-corrected chi connectivity index (χ0v) is 21.2. The van der Waals surface area contributed by atoms with Gasteiger partial charge in [0.1, 0.15) is 5.75 Å². The summed E-state index contributed by atoms with van der Waals surface area (Å²) in [5.74, 6) is 0.570. The first-order chi connectivity index (χ1) is 16.8. The van der Waals surface area contributed by atoms with Gasteiger partial charge in [0, 0.05) is 37.4 Å². The summed E-state index contributed by atoms with van der Waals surface area (Å²) in [5.41, 5.74) is 3.55. The van der Waals surface area contributed by atoms with Crippen LogP contribution in [0.1, 0.15) is 24.0 Å². The smallest absolute Gasteiger partial charge is 0.223 e. The molecule has 2 heterocycles. The van der Waals surface area contributed by atoms with Crippen LogP contribution in [-0.4, -0.2) is 59.7 Å². The van der Waals surface area contributed by atoms with Crippen LogP contribution in [0.2, 0.25) is 5.02 Å². The fourth-order valence-corrected chi connectivity index (χ4v) is 5.54. The lowest BCUT2D eigenvalue weighted by Gasteiger charge is -2.33. The van der Waals surface area contributed by atoms with E-state index in [4.69, 9.17) is 11.6 Å². The van der Waals surface area contributed by atoms with Crippen molar-refractivity contribution in [2.24, 2.45) is 0 Å². The lowest BCUT2D eigenvalue weighted by atomic mass is 10.1. The van der Waals surface area contributed by atoms with E-state index in [1.807, 2.05) is 36.4 Å². The van der Waals surface area contributed by atoms with Gasteiger partial charge < -0.3 is 15.7 Å². The molecule has 0 aliphatic carbocycles. The third-order valence-corrected chi connectivity index (χ3v) is 7.61. The zero-order chi connectivity index (χ0) is 24.8. The molecular formula is C25H30ClN5O3S. The Morgan fingerprint density at radius 2 is 2.06 bits per heavy atom. The van der Waals surface area contributed by atoms with Crippen molar-refractivity contribution >= 4 is 27.6 Å². The number of hydrogen-bond donors (Lipinski definition) is 3. The molecule has 1 unspecified atom stereocenters. The molecule has 0 amide bonds. The first-order valence-corrected chi connectivity index (χ1v) is 13.8. The Morgan fingerprint density at radius 1 is 1.20 bits per heavy atom. The summed E-state index contributed by atoms with van der Waals surface area (Å²) in [5, 5.41) is 16.4. The van der Waals surface area contributed by atoms with Crippen molar-refractivity contribution in [3.05, 3.63) is 70.9 Å². The maximum absolute atomic E-state index is 12.5. The molecule has 8 nitrogen and oxygen atoms in total. The van der Waals surface area contributed by atoms with E-state index in [1.165, 1.54) is 6.26 Å². The lowest BCUT2D eigenvalue weighted by Crippen LogP contribution is -2.47. The van der Waals surface area contributed by atoms with Crippen molar-refractivity contribution in [2.45, 2.75) is 31.8 Å². The molecule has 1 atom stereocenters. The Labute approximate surface area is 211 Å². The third-order valence-electron chi connectivity index (χ3n) is 6.03. The van der Waals surface area contributed by atoms with Gasteiger partial charge in [-0.3, -0.25) is 0 Å². The summed E-state index contributed by atoms with van der Waals surface area (Å²) in [7, 11) is -3.35. The molecule has 1 aromatic heterocycles. The lowest BCUT2D eigenvalue weighted by molar-refractivity contribution is 0.262. The predicted octanol–water partition coefficient (Wildman–Crippen LogP) is 3.67. The number of phenols is 1. The average molecular weight is 516 g/mol. The molecule has 0 spiro atoms. The highest BCUT2D eigenvalue weighted by Gasteiger charge is 2.28. The first kappa shape index (κ1) is 25.4. The summed E-state index contributed by atoms with van der Waals surface area (Å²) in [6.45, 7) is 2.52. The molecule has 1 aliphatic rings. The quantitative estimate of drug-likeness (QED) is 0.399. The number of aromatic hydroxyl groups is 1. The number of piperidine rings is 1. The van der Waals surface area contributed by atoms with E-state index in [0.29, 0.717) is 37.0 Å². The largest absolute Gasteiger partial charge is 0.506 e.